The van der Waals surface area contributed by atoms with E-state index in [0.717, 1.165) is 24.0 Å². The third kappa shape index (κ3) is 3.15. The lowest BCUT2D eigenvalue weighted by Gasteiger charge is -2.35. The maximum Gasteiger partial charge on any atom is 0.123 e. The van der Waals surface area contributed by atoms with Gasteiger partial charge in [-0.25, -0.2) is 4.39 Å². The second kappa shape index (κ2) is 6.02. The summed E-state index contributed by atoms with van der Waals surface area (Å²) >= 11 is 0. The van der Waals surface area contributed by atoms with Crippen LogP contribution in [0.25, 0.3) is 0 Å². The van der Waals surface area contributed by atoms with Gasteiger partial charge >= 0.3 is 0 Å². The summed E-state index contributed by atoms with van der Waals surface area (Å²) in [5, 5.41) is 0. The summed E-state index contributed by atoms with van der Waals surface area (Å²) in [6.07, 6.45) is 5.09. The van der Waals surface area contributed by atoms with Crippen LogP contribution in [0.3, 0.4) is 0 Å². The van der Waals surface area contributed by atoms with E-state index in [4.69, 9.17) is 10.5 Å². The van der Waals surface area contributed by atoms with Gasteiger partial charge in [-0.1, -0.05) is 18.9 Å². The van der Waals surface area contributed by atoms with Crippen LogP contribution in [-0.2, 0) is 11.2 Å². The maximum absolute atomic E-state index is 13.3. The molecule has 2 rings (SSSR count). The third-order valence-electron chi connectivity index (χ3n) is 4.31. The van der Waals surface area contributed by atoms with Crippen LogP contribution >= 0.6 is 0 Å². The highest BCUT2D eigenvalue weighted by atomic mass is 19.1. The molecular formula is C16H24FNO. The molecule has 0 heterocycles. The molecule has 0 radical (unpaired) electrons. The highest BCUT2D eigenvalue weighted by molar-refractivity contribution is 5.28. The molecule has 1 atom stereocenters. The fraction of sp³-hybridized carbons (Fsp3) is 0.625. The smallest absolute Gasteiger partial charge is 0.123 e. The van der Waals surface area contributed by atoms with Crippen molar-refractivity contribution in [1.82, 2.24) is 0 Å². The molecule has 1 aromatic rings. The fourth-order valence-electron chi connectivity index (χ4n) is 3.17. The summed E-state index contributed by atoms with van der Waals surface area (Å²) in [5.74, 6) is -0.190. The molecule has 0 bridgehead atoms. The second-order valence-corrected chi connectivity index (χ2v) is 5.59. The molecule has 2 nitrogen and oxygen atoms in total. The van der Waals surface area contributed by atoms with Gasteiger partial charge in [0.2, 0.25) is 0 Å². The number of rotatable bonds is 5. The van der Waals surface area contributed by atoms with Crippen molar-refractivity contribution in [2.24, 2.45) is 5.73 Å². The van der Waals surface area contributed by atoms with E-state index in [-0.39, 0.29) is 17.5 Å². The van der Waals surface area contributed by atoms with Gasteiger partial charge in [0.25, 0.3) is 0 Å². The monoisotopic (exact) mass is 265 g/mol. The van der Waals surface area contributed by atoms with Crippen molar-refractivity contribution in [3.05, 3.63) is 35.1 Å². The molecule has 3 heteroatoms. The van der Waals surface area contributed by atoms with Crippen LogP contribution in [0.15, 0.2) is 18.2 Å². The summed E-state index contributed by atoms with van der Waals surface area (Å²) in [6.45, 7) is 4.71. The Bertz CT molecular complexity index is 427. The number of benzene rings is 1. The van der Waals surface area contributed by atoms with Gasteiger partial charge in [0, 0.05) is 12.6 Å². The van der Waals surface area contributed by atoms with E-state index in [1.54, 1.807) is 6.07 Å². The Morgan fingerprint density at radius 2 is 2.05 bits per heavy atom. The largest absolute Gasteiger partial charge is 0.374 e. The number of aryl methyl sites for hydroxylation is 1. The first-order valence-electron chi connectivity index (χ1n) is 7.22. The van der Waals surface area contributed by atoms with E-state index in [9.17, 15) is 4.39 Å². The lowest BCUT2D eigenvalue weighted by atomic mass is 9.87. The minimum absolute atomic E-state index is 0.0598. The molecule has 1 aliphatic carbocycles. The summed E-state index contributed by atoms with van der Waals surface area (Å²) in [4.78, 5) is 0. The minimum Gasteiger partial charge on any atom is -0.374 e. The van der Waals surface area contributed by atoms with Gasteiger partial charge in [0.05, 0.1) is 5.60 Å². The van der Waals surface area contributed by atoms with E-state index in [0.29, 0.717) is 13.0 Å². The van der Waals surface area contributed by atoms with Crippen LogP contribution in [0, 0.1) is 12.7 Å². The van der Waals surface area contributed by atoms with E-state index in [1.165, 1.54) is 18.9 Å². The van der Waals surface area contributed by atoms with Crippen LogP contribution in [0.4, 0.5) is 4.39 Å². The summed E-state index contributed by atoms with van der Waals surface area (Å²) in [6, 6.07) is 4.86. The van der Waals surface area contributed by atoms with Crippen molar-refractivity contribution < 1.29 is 9.13 Å². The van der Waals surface area contributed by atoms with Crippen LogP contribution in [-0.4, -0.2) is 18.2 Å². The van der Waals surface area contributed by atoms with Gasteiger partial charge in [-0.2, -0.15) is 0 Å². The first kappa shape index (κ1) is 14.5. The van der Waals surface area contributed by atoms with Gasteiger partial charge in [-0.3, -0.25) is 0 Å². The zero-order chi connectivity index (χ0) is 13.9. The van der Waals surface area contributed by atoms with E-state index in [2.05, 4.69) is 0 Å². The van der Waals surface area contributed by atoms with Crippen molar-refractivity contribution in [1.29, 1.82) is 0 Å². The molecule has 1 saturated carbocycles. The Kier molecular flexibility index (Phi) is 4.58. The quantitative estimate of drug-likeness (QED) is 0.886. The molecule has 1 fully saturated rings. The number of hydrogen-bond donors (Lipinski definition) is 1. The van der Waals surface area contributed by atoms with Gasteiger partial charge < -0.3 is 10.5 Å². The maximum atomic E-state index is 13.3. The van der Waals surface area contributed by atoms with E-state index in [1.807, 2.05) is 19.9 Å². The first-order valence-corrected chi connectivity index (χ1v) is 7.22. The van der Waals surface area contributed by atoms with Crippen LogP contribution in [0.5, 0.6) is 0 Å². The summed E-state index contributed by atoms with van der Waals surface area (Å²) in [7, 11) is 0. The molecule has 0 aliphatic heterocycles. The Morgan fingerprint density at radius 1 is 1.37 bits per heavy atom. The number of nitrogens with two attached hydrogens (primary N) is 1. The van der Waals surface area contributed by atoms with E-state index < -0.39 is 0 Å². The zero-order valence-electron chi connectivity index (χ0n) is 11.9. The molecule has 19 heavy (non-hydrogen) atoms. The molecule has 1 aliphatic rings. The average Bonchev–Trinajstić information content (AvgIpc) is 2.84. The van der Waals surface area contributed by atoms with Crippen molar-refractivity contribution >= 4 is 0 Å². The van der Waals surface area contributed by atoms with Gasteiger partial charge in [0.15, 0.2) is 0 Å². The lowest BCUT2D eigenvalue weighted by molar-refractivity contribution is -0.0525. The molecule has 1 unspecified atom stereocenters. The van der Waals surface area contributed by atoms with Crippen LogP contribution < -0.4 is 5.73 Å². The summed E-state index contributed by atoms with van der Waals surface area (Å²) in [5.41, 5.74) is 8.30. The Morgan fingerprint density at radius 3 is 2.68 bits per heavy atom. The topological polar surface area (TPSA) is 35.2 Å². The number of ether oxygens (including phenoxy) is 1. The SMILES string of the molecule is CCOC1(C(N)Cc2cc(F)ccc2C)CCCC1. The Labute approximate surface area is 115 Å². The average molecular weight is 265 g/mol. The van der Waals surface area contributed by atoms with Gasteiger partial charge in [-0.05, 0) is 56.4 Å². The van der Waals surface area contributed by atoms with E-state index >= 15 is 0 Å². The molecule has 0 spiro atoms. The predicted octanol–water partition coefficient (Wildman–Crippen LogP) is 3.35. The Balaban J connectivity index is 2.14. The van der Waals surface area contributed by atoms with Gasteiger partial charge in [0.1, 0.15) is 5.82 Å². The second-order valence-electron chi connectivity index (χ2n) is 5.59. The van der Waals surface area contributed by atoms with Crippen molar-refractivity contribution in [2.75, 3.05) is 6.61 Å². The zero-order valence-corrected chi connectivity index (χ0v) is 11.9. The Hall–Kier alpha value is -0.930. The molecule has 1 aromatic carbocycles. The van der Waals surface area contributed by atoms with Gasteiger partial charge in [-0.15, -0.1) is 0 Å². The third-order valence-corrected chi connectivity index (χ3v) is 4.31. The molecule has 106 valence electrons. The molecular weight excluding hydrogens is 241 g/mol. The standard InChI is InChI=1S/C16H24FNO/c1-3-19-16(8-4-5-9-16)15(18)11-13-10-14(17)7-6-12(13)2/h6-7,10,15H,3-5,8-9,11,18H2,1-2H3. The normalized spacial score (nSPS) is 19.6. The number of hydrogen-bond acceptors (Lipinski definition) is 2. The molecule has 2 N–H and O–H groups in total. The molecule has 0 saturated heterocycles. The van der Waals surface area contributed by atoms with Crippen molar-refractivity contribution in [3.63, 3.8) is 0 Å². The van der Waals surface area contributed by atoms with Crippen molar-refractivity contribution in [3.8, 4) is 0 Å². The number of halogens is 1. The lowest BCUT2D eigenvalue weighted by Crippen LogP contribution is -2.49. The predicted molar refractivity (Wildman–Crippen MR) is 75.6 cm³/mol. The fourth-order valence-corrected chi connectivity index (χ4v) is 3.17. The molecule has 0 aromatic heterocycles. The summed E-state index contributed by atoms with van der Waals surface area (Å²) < 4.78 is 19.3. The van der Waals surface area contributed by atoms with Crippen LogP contribution in [0.1, 0.15) is 43.7 Å². The minimum atomic E-state index is -0.201. The first-order chi connectivity index (χ1) is 9.07. The van der Waals surface area contributed by atoms with Crippen LogP contribution in [0.2, 0.25) is 0 Å². The molecule has 0 amide bonds. The highest BCUT2D eigenvalue weighted by Crippen LogP contribution is 2.36. The highest BCUT2D eigenvalue weighted by Gasteiger charge is 2.40. The van der Waals surface area contributed by atoms with Crippen molar-refractivity contribution in [2.45, 2.75) is 57.6 Å².